The number of nitrogens with one attached hydrogen (secondary N) is 1. The van der Waals surface area contributed by atoms with Crippen LogP contribution < -0.4 is 11.1 Å². The van der Waals surface area contributed by atoms with Crippen LogP contribution in [-0.2, 0) is 11.3 Å². The van der Waals surface area contributed by atoms with Gasteiger partial charge in [-0.25, -0.2) is 0 Å². The van der Waals surface area contributed by atoms with Gasteiger partial charge in [0.2, 0.25) is 5.91 Å². The summed E-state index contributed by atoms with van der Waals surface area (Å²) < 4.78 is 1.73. The van der Waals surface area contributed by atoms with Crippen LogP contribution in [-0.4, -0.2) is 22.2 Å². The predicted molar refractivity (Wildman–Crippen MR) is 82.6 cm³/mol. The van der Waals surface area contributed by atoms with Gasteiger partial charge in [0.15, 0.2) is 0 Å². The number of nitrogens with zero attached hydrogens (tertiary/aromatic N) is 2. The number of aryl methyl sites for hydroxylation is 2. The van der Waals surface area contributed by atoms with Crippen molar-refractivity contribution in [2.24, 2.45) is 5.73 Å². The second-order valence-corrected chi connectivity index (χ2v) is 4.60. The lowest BCUT2D eigenvalue weighted by Crippen LogP contribution is -2.15. The van der Waals surface area contributed by atoms with Crippen molar-refractivity contribution in [3.05, 3.63) is 47.8 Å². The lowest BCUT2D eigenvalue weighted by atomic mass is 10.1. The van der Waals surface area contributed by atoms with Crippen LogP contribution in [0.3, 0.4) is 0 Å². The van der Waals surface area contributed by atoms with Gasteiger partial charge in [-0.05, 0) is 36.8 Å². The Morgan fingerprint density at radius 3 is 3.00 bits per heavy atom. The van der Waals surface area contributed by atoms with Gasteiger partial charge in [-0.15, -0.1) is 0 Å². The minimum Gasteiger partial charge on any atom is -0.326 e. The molecule has 0 saturated carbocycles. The van der Waals surface area contributed by atoms with E-state index in [2.05, 4.69) is 22.3 Å². The lowest BCUT2D eigenvalue weighted by Gasteiger charge is -2.09. The topological polar surface area (TPSA) is 72.9 Å². The van der Waals surface area contributed by atoms with Crippen LogP contribution in [0, 0.1) is 18.8 Å². The van der Waals surface area contributed by atoms with Gasteiger partial charge in [-0.1, -0.05) is 11.8 Å². The number of nitrogens with two attached hydrogens (primary N) is 1. The molecule has 108 valence electrons. The maximum atomic E-state index is 11.9. The zero-order valence-corrected chi connectivity index (χ0v) is 12.0. The van der Waals surface area contributed by atoms with Crippen LogP contribution in [0.5, 0.6) is 0 Å². The van der Waals surface area contributed by atoms with E-state index in [-0.39, 0.29) is 5.91 Å². The summed E-state index contributed by atoms with van der Waals surface area (Å²) >= 11 is 0. The van der Waals surface area contributed by atoms with E-state index in [4.69, 9.17) is 5.73 Å². The summed E-state index contributed by atoms with van der Waals surface area (Å²) in [5, 5.41) is 6.97. The smallest absolute Gasteiger partial charge is 0.226 e. The average Bonchev–Trinajstić information content (AvgIpc) is 2.99. The van der Waals surface area contributed by atoms with Gasteiger partial charge in [-0.2, -0.15) is 5.10 Å². The van der Waals surface area contributed by atoms with E-state index >= 15 is 0 Å². The molecule has 0 saturated heterocycles. The molecule has 5 nitrogen and oxygen atoms in total. The molecule has 2 rings (SSSR count). The number of hydrogen-bond donors (Lipinski definition) is 2. The Morgan fingerprint density at radius 1 is 1.48 bits per heavy atom. The van der Waals surface area contributed by atoms with Crippen molar-refractivity contribution in [2.75, 3.05) is 11.9 Å². The zero-order valence-electron chi connectivity index (χ0n) is 12.0. The van der Waals surface area contributed by atoms with Gasteiger partial charge in [0.25, 0.3) is 0 Å². The summed E-state index contributed by atoms with van der Waals surface area (Å²) in [5.41, 5.74) is 8.02. The van der Waals surface area contributed by atoms with E-state index < -0.39 is 0 Å². The fourth-order valence-electron chi connectivity index (χ4n) is 1.90. The van der Waals surface area contributed by atoms with Crippen molar-refractivity contribution >= 4 is 11.6 Å². The summed E-state index contributed by atoms with van der Waals surface area (Å²) in [7, 11) is 0. The van der Waals surface area contributed by atoms with Crippen LogP contribution in [0.25, 0.3) is 0 Å². The van der Waals surface area contributed by atoms with Crippen LogP contribution in [0.1, 0.15) is 17.5 Å². The summed E-state index contributed by atoms with van der Waals surface area (Å²) in [4.78, 5) is 11.9. The van der Waals surface area contributed by atoms with Crippen molar-refractivity contribution in [3.8, 4) is 11.8 Å². The minimum atomic E-state index is -0.0330. The van der Waals surface area contributed by atoms with Crippen LogP contribution in [0.15, 0.2) is 36.7 Å². The number of aromatic nitrogens is 2. The van der Waals surface area contributed by atoms with Crippen LogP contribution in [0.4, 0.5) is 5.69 Å². The van der Waals surface area contributed by atoms with Crippen LogP contribution >= 0.6 is 0 Å². The van der Waals surface area contributed by atoms with Gasteiger partial charge in [0.1, 0.15) is 0 Å². The molecule has 0 bridgehead atoms. The second-order valence-electron chi connectivity index (χ2n) is 4.60. The molecule has 0 fully saturated rings. The first kappa shape index (κ1) is 14.8. The maximum absolute atomic E-state index is 11.9. The van der Waals surface area contributed by atoms with Gasteiger partial charge >= 0.3 is 0 Å². The van der Waals surface area contributed by atoms with Crippen molar-refractivity contribution in [3.63, 3.8) is 0 Å². The molecule has 1 aromatic carbocycles. The molecule has 21 heavy (non-hydrogen) atoms. The zero-order chi connectivity index (χ0) is 15.1. The standard InChI is InChI=1S/C16H18N4O/c1-13-12-14(4-2-8-17)5-6-15(13)19-16(21)7-11-20-10-3-9-18-20/h3,5-6,9-10,12H,7-8,11,17H2,1H3,(H,19,21). The lowest BCUT2D eigenvalue weighted by molar-refractivity contribution is -0.116. The summed E-state index contributed by atoms with van der Waals surface area (Å²) in [6.07, 6.45) is 3.92. The second kappa shape index (κ2) is 7.27. The average molecular weight is 282 g/mol. The number of rotatable bonds is 4. The van der Waals surface area contributed by atoms with Crippen molar-refractivity contribution < 1.29 is 4.79 Å². The Bertz CT molecular complexity index is 665. The normalized spacial score (nSPS) is 9.81. The molecule has 5 heteroatoms. The number of carbonyl (C=O) groups excluding carboxylic acids is 1. The highest BCUT2D eigenvalue weighted by atomic mass is 16.1. The summed E-state index contributed by atoms with van der Waals surface area (Å²) in [5.74, 6) is 5.75. The number of carbonyl (C=O) groups is 1. The quantitative estimate of drug-likeness (QED) is 0.835. The van der Waals surface area contributed by atoms with Crippen molar-refractivity contribution in [2.45, 2.75) is 19.9 Å². The van der Waals surface area contributed by atoms with Crippen molar-refractivity contribution in [1.29, 1.82) is 0 Å². The Hall–Kier alpha value is -2.58. The number of anilines is 1. The molecule has 0 aliphatic carbocycles. The first-order valence-corrected chi connectivity index (χ1v) is 6.76. The SMILES string of the molecule is Cc1cc(C#CCN)ccc1NC(=O)CCn1cccn1. The highest BCUT2D eigenvalue weighted by molar-refractivity contribution is 5.91. The van der Waals surface area contributed by atoms with E-state index in [1.165, 1.54) is 0 Å². The van der Waals surface area contributed by atoms with Gasteiger partial charge in [-0.3, -0.25) is 9.48 Å². The van der Waals surface area contributed by atoms with Gasteiger partial charge in [0.05, 0.1) is 6.54 Å². The molecule has 0 aliphatic heterocycles. The fraction of sp³-hybridized carbons (Fsp3) is 0.250. The fourth-order valence-corrected chi connectivity index (χ4v) is 1.90. The molecule has 0 spiro atoms. The van der Waals surface area contributed by atoms with Crippen molar-refractivity contribution in [1.82, 2.24) is 9.78 Å². The van der Waals surface area contributed by atoms with Gasteiger partial charge in [0, 0.05) is 36.6 Å². The highest BCUT2D eigenvalue weighted by Gasteiger charge is 2.05. The highest BCUT2D eigenvalue weighted by Crippen LogP contribution is 2.16. The first-order valence-electron chi connectivity index (χ1n) is 6.76. The largest absolute Gasteiger partial charge is 0.326 e. The molecular formula is C16H18N4O. The molecule has 0 atom stereocenters. The van der Waals surface area contributed by atoms with E-state index in [0.717, 1.165) is 16.8 Å². The molecule has 0 radical (unpaired) electrons. The Labute approximate surface area is 124 Å². The maximum Gasteiger partial charge on any atom is 0.226 e. The van der Waals surface area contributed by atoms with Gasteiger partial charge < -0.3 is 11.1 Å². The summed E-state index contributed by atoms with van der Waals surface area (Å²) in [6, 6.07) is 7.51. The molecule has 3 N–H and O–H groups in total. The van der Waals surface area contributed by atoms with E-state index in [1.807, 2.05) is 37.4 Å². The number of benzene rings is 1. The summed E-state index contributed by atoms with van der Waals surface area (Å²) in [6.45, 7) is 2.85. The molecular weight excluding hydrogens is 264 g/mol. The first-order chi connectivity index (χ1) is 10.2. The monoisotopic (exact) mass is 282 g/mol. The molecule has 1 heterocycles. The Morgan fingerprint density at radius 2 is 2.33 bits per heavy atom. The number of amides is 1. The third kappa shape index (κ3) is 4.48. The molecule has 0 aliphatic rings. The van der Waals surface area contributed by atoms with E-state index in [9.17, 15) is 4.79 Å². The Kier molecular flexibility index (Phi) is 5.13. The number of hydrogen-bond acceptors (Lipinski definition) is 3. The molecule has 0 unspecified atom stereocenters. The van der Waals surface area contributed by atoms with Crippen LogP contribution in [0.2, 0.25) is 0 Å². The molecule has 2 aromatic rings. The predicted octanol–water partition coefficient (Wildman–Crippen LogP) is 1.53. The van der Waals surface area contributed by atoms with E-state index in [1.54, 1.807) is 10.9 Å². The van der Waals surface area contributed by atoms with E-state index in [0.29, 0.717) is 19.5 Å². The minimum absolute atomic E-state index is 0.0330. The molecule has 1 aromatic heterocycles. The molecule has 1 amide bonds. The third-order valence-electron chi connectivity index (χ3n) is 2.96. The third-order valence-corrected chi connectivity index (χ3v) is 2.96. The Balaban J connectivity index is 1.94.